The van der Waals surface area contributed by atoms with Crippen LogP contribution in [-0.4, -0.2) is 22.7 Å². The zero-order chi connectivity index (χ0) is 23.4. The fourth-order valence-electron chi connectivity index (χ4n) is 3.47. The molecule has 2 amide bonds. The third kappa shape index (κ3) is 5.69. The fraction of sp³-hybridized carbons (Fsp3) is 0.115. The molecule has 3 aromatic carbocycles. The summed E-state index contributed by atoms with van der Waals surface area (Å²) in [7, 11) is 0. The number of thiocarbonyl (C=S) groups is 1. The predicted octanol–water partition coefficient (Wildman–Crippen LogP) is 5.73. The maximum absolute atomic E-state index is 12.8. The van der Waals surface area contributed by atoms with Crippen LogP contribution in [-0.2, 0) is 9.59 Å². The molecule has 1 aliphatic heterocycles. The van der Waals surface area contributed by atoms with Crippen molar-refractivity contribution in [3.05, 3.63) is 94.4 Å². The number of para-hydroxylation sites is 1. The molecule has 166 valence electrons. The molecule has 0 bridgehead atoms. The van der Waals surface area contributed by atoms with E-state index in [1.807, 2.05) is 74.5 Å². The topological polar surface area (TPSA) is 58.6 Å². The minimum Gasteiger partial charge on any atom is -0.484 e. The van der Waals surface area contributed by atoms with Crippen molar-refractivity contribution in [3.63, 3.8) is 0 Å². The van der Waals surface area contributed by atoms with Gasteiger partial charge in [-0.1, -0.05) is 60.4 Å². The monoisotopic (exact) mass is 474 g/mol. The zero-order valence-electron chi connectivity index (χ0n) is 18.2. The smallest absolute Gasteiger partial charge is 0.270 e. The van der Waals surface area contributed by atoms with Gasteiger partial charge in [0.05, 0.1) is 10.6 Å². The molecule has 1 saturated heterocycles. The highest BCUT2D eigenvalue weighted by Crippen LogP contribution is 2.36. The van der Waals surface area contributed by atoms with Gasteiger partial charge in [0.2, 0.25) is 0 Å². The lowest BCUT2D eigenvalue weighted by molar-refractivity contribution is -0.118. The molecule has 0 spiro atoms. The summed E-state index contributed by atoms with van der Waals surface area (Å²) in [4.78, 5) is 27.2. The number of nitrogens with zero attached hydrogens (tertiary/aromatic N) is 1. The average Bonchev–Trinajstić information content (AvgIpc) is 3.06. The summed E-state index contributed by atoms with van der Waals surface area (Å²) >= 11 is 6.68. The first-order valence-corrected chi connectivity index (χ1v) is 11.6. The van der Waals surface area contributed by atoms with E-state index in [1.54, 1.807) is 18.2 Å². The Morgan fingerprint density at radius 3 is 2.36 bits per heavy atom. The molecule has 0 saturated carbocycles. The molecule has 0 aromatic heterocycles. The second kappa shape index (κ2) is 10.0. The van der Waals surface area contributed by atoms with Crippen molar-refractivity contribution in [3.8, 4) is 5.75 Å². The molecule has 0 unspecified atom stereocenters. The first-order chi connectivity index (χ1) is 15.9. The van der Waals surface area contributed by atoms with Crippen molar-refractivity contribution >= 4 is 57.6 Å². The van der Waals surface area contributed by atoms with Crippen molar-refractivity contribution in [1.29, 1.82) is 0 Å². The van der Waals surface area contributed by atoms with Crippen LogP contribution in [0, 0.1) is 13.8 Å². The highest BCUT2D eigenvalue weighted by Gasteiger charge is 2.33. The van der Waals surface area contributed by atoms with Gasteiger partial charge in [-0.2, -0.15) is 0 Å². The van der Waals surface area contributed by atoms with Crippen molar-refractivity contribution < 1.29 is 14.3 Å². The third-order valence-corrected chi connectivity index (χ3v) is 6.16. The Hall–Kier alpha value is -3.42. The standard InChI is InChI=1S/C26H22N2O3S2/c1-17-12-18(2)14-20(13-17)27-24(29)16-31-22-10-8-19(9-11-22)15-23-25(30)28(26(32)33-23)21-6-4-3-5-7-21/h3-15H,16H2,1-2H3,(H,27,29)/b23-15-. The molecule has 4 rings (SSSR count). The first kappa shape index (κ1) is 22.8. The van der Waals surface area contributed by atoms with E-state index in [0.717, 1.165) is 28.1 Å². The summed E-state index contributed by atoms with van der Waals surface area (Å²) in [6, 6.07) is 22.5. The molecule has 33 heavy (non-hydrogen) atoms. The summed E-state index contributed by atoms with van der Waals surface area (Å²) in [5.41, 5.74) is 4.52. The molecule has 5 nitrogen and oxygen atoms in total. The zero-order valence-corrected chi connectivity index (χ0v) is 19.8. The lowest BCUT2D eigenvalue weighted by atomic mass is 10.1. The Balaban J connectivity index is 1.36. The Morgan fingerprint density at radius 2 is 1.70 bits per heavy atom. The van der Waals surface area contributed by atoms with Crippen molar-refractivity contribution in [1.82, 2.24) is 0 Å². The Bertz CT molecular complexity index is 1220. The van der Waals surface area contributed by atoms with E-state index < -0.39 is 0 Å². The Morgan fingerprint density at radius 1 is 1.03 bits per heavy atom. The van der Waals surface area contributed by atoms with Gasteiger partial charge in [-0.05, 0) is 73.0 Å². The van der Waals surface area contributed by atoms with E-state index in [4.69, 9.17) is 17.0 Å². The molecular weight excluding hydrogens is 452 g/mol. The molecule has 1 N–H and O–H groups in total. The number of carbonyl (C=O) groups excluding carboxylic acids is 2. The van der Waals surface area contributed by atoms with Gasteiger partial charge < -0.3 is 10.1 Å². The molecule has 7 heteroatoms. The molecular formula is C26H22N2O3S2. The van der Waals surface area contributed by atoms with Crippen LogP contribution in [0.4, 0.5) is 11.4 Å². The summed E-state index contributed by atoms with van der Waals surface area (Å²) < 4.78 is 6.11. The predicted molar refractivity (Wildman–Crippen MR) is 139 cm³/mol. The summed E-state index contributed by atoms with van der Waals surface area (Å²) in [6.45, 7) is 3.88. The molecule has 0 radical (unpaired) electrons. The first-order valence-electron chi connectivity index (χ1n) is 10.3. The highest BCUT2D eigenvalue weighted by atomic mass is 32.2. The molecule has 1 heterocycles. The van der Waals surface area contributed by atoms with Gasteiger partial charge in [0.1, 0.15) is 5.75 Å². The van der Waals surface area contributed by atoms with Gasteiger partial charge in [-0.15, -0.1) is 0 Å². The molecule has 0 aliphatic carbocycles. The molecule has 1 fully saturated rings. The number of hydrogen-bond donors (Lipinski definition) is 1. The minimum atomic E-state index is -0.228. The van der Waals surface area contributed by atoms with Gasteiger partial charge in [-0.3, -0.25) is 14.5 Å². The summed E-state index contributed by atoms with van der Waals surface area (Å²) in [6.07, 6.45) is 1.80. The van der Waals surface area contributed by atoms with E-state index in [-0.39, 0.29) is 18.4 Å². The van der Waals surface area contributed by atoms with Crippen LogP contribution in [0.1, 0.15) is 16.7 Å². The van der Waals surface area contributed by atoms with E-state index in [2.05, 4.69) is 5.32 Å². The van der Waals surface area contributed by atoms with Crippen molar-refractivity contribution in [2.24, 2.45) is 0 Å². The van der Waals surface area contributed by atoms with Crippen LogP contribution < -0.4 is 15.0 Å². The van der Waals surface area contributed by atoms with Gasteiger partial charge in [0.15, 0.2) is 10.9 Å². The number of hydrogen-bond acceptors (Lipinski definition) is 5. The van der Waals surface area contributed by atoms with E-state index in [1.165, 1.54) is 16.7 Å². The van der Waals surface area contributed by atoms with E-state index in [0.29, 0.717) is 15.0 Å². The van der Waals surface area contributed by atoms with Gasteiger partial charge >= 0.3 is 0 Å². The van der Waals surface area contributed by atoms with Crippen molar-refractivity contribution in [2.75, 3.05) is 16.8 Å². The van der Waals surface area contributed by atoms with Crippen LogP contribution in [0.2, 0.25) is 0 Å². The van der Waals surface area contributed by atoms with Crippen LogP contribution in [0.5, 0.6) is 5.75 Å². The van der Waals surface area contributed by atoms with Crippen LogP contribution in [0.3, 0.4) is 0 Å². The largest absolute Gasteiger partial charge is 0.484 e. The van der Waals surface area contributed by atoms with Gasteiger partial charge in [0.25, 0.3) is 11.8 Å². The molecule has 3 aromatic rings. The average molecular weight is 475 g/mol. The van der Waals surface area contributed by atoms with Crippen LogP contribution >= 0.6 is 24.0 Å². The maximum Gasteiger partial charge on any atom is 0.270 e. The SMILES string of the molecule is Cc1cc(C)cc(NC(=O)COc2ccc(/C=C3\SC(=S)N(c4ccccc4)C3=O)cc2)c1. The van der Waals surface area contributed by atoms with Crippen molar-refractivity contribution in [2.45, 2.75) is 13.8 Å². The molecule has 0 atom stereocenters. The minimum absolute atomic E-state index is 0.0952. The number of anilines is 2. The second-order valence-corrected chi connectivity index (χ2v) is 9.31. The lowest BCUT2D eigenvalue weighted by Gasteiger charge is -2.13. The third-order valence-electron chi connectivity index (χ3n) is 4.86. The van der Waals surface area contributed by atoms with Crippen LogP contribution in [0.25, 0.3) is 6.08 Å². The summed E-state index contributed by atoms with van der Waals surface area (Å²) in [5.74, 6) is 0.202. The maximum atomic E-state index is 12.8. The number of amides is 2. The van der Waals surface area contributed by atoms with E-state index in [9.17, 15) is 9.59 Å². The Labute approximate surface area is 202 Å². The number of thioether (sulfide) groups is 1. The normalized spacial score (nSPS) is 14.6. The Kier molecular flexibility index (Phi) is 6.91. The quantitative estimate of drug-likeness (QED) is 0.365. The summed E-state index contributed by atoms with van der Waals surface area (Å²) in [5, 5.41) is 2.85. The van der Waals surface area contributed by atoms with Crippen LogP contribution in [0.15, 0.2) is 77.7 Å². The number of nitrogens with one attached hydrogen (secondary N) is 1. The highest BCUT2D eigenvalue weighted by molar-refractivity contribution is 8.27. The number of benzene rings is 3. The number of aryl methyl sites for hydroxylation is 2. The van der Waals surface area contributed by atoms with Gasteiger partial charge in [-0.25, -0.2) is 0 Å². The molecule has 1 aliphatic rings. The fourth-order valence-corrected chi connectivity index (χ4v) is 4.77. The lowest BCUT2D eigenvalue weighted by Crippen LogP contribution is -2.27. The number of ether oxygens (including phenoxy) is 1. The second-order valence-electron chi connectivity index (χ2n) is 7.63. The number of carbonyl (C=O) groups is 2. The number of rotatable bonds is 6. The van der Waals surface area contributed by atoms with Gasteiger partial charge in [0, 0.05) is 5.69 Å². The van der Waals surface area contributed by atoms with E-state index >= 15 is 0 Å².